The molecular weight excluding hydrogens is 500 g/mol. The molecule has 4 aliphatic carbocycles. The van der Waals surface area contributed by atoms with E-state index in [0.717, 1.165) is 48.9 Å². The van der Waals surface area contributed by atoms with Crippen molar-refractivity contribution in [2.45, 2.75) is 150 Å². The van der Waals surface area contributed by atoms with Gasteiger partial charge in [-0.3, -0.25) is 4.79 Å². The topological polar surface area (TPSA) is 54.0 Å². The molecule has 0 aromatic carbocycles. The Morgan fingerprint density at radius 3 is 2.38 bits per heavy atom. The highest BCUT2D eigenvalue weighted by Crippen LogP contribution is 2.71. The molecule has 4 saturated carbocycles. The molecule has 5 rings (SSSR count). The molecule has 1 spiro atoms. The van der Waals surface area contributed by atoms with Crippen LogP contribution < -0.4 is 0 Å². The van der Waals surface area contributed by atoms with Crippen molar-refractivity contribution in [3.8, 4) is 0 Å². The minimum atomic E-state index is -0.474. The summed E-state index contributed by atoms with van der Waals surface area (Å²) in [6.45, 7) is 19.3. The van der Waals surface area contributed by atoms with Crippen LogP contribution in [-0.2, 0) is 23.7 Å². The van der Waals surface area contributed by atoms with E-state index in [1.165, 1.54) is 58.3 Å². The quantitative estimate of drug-likeness (QED) is 0.266. The number of hydrogen-bond acceptors (Lipinski definition) is 5. The molecule has 0 amide bonds. The fourth-order valence-electron chi connectivity index (χ4n) is 11.0. The molecule has 5 heteroatoms. The maximum atomic E-state index is 11.4. The van der Waals surface area contributed by atoms with E-state index in [-0.39, 0.29) is 29.7 Å². The van der Waals surface area contributed by atoms with E-state index >= 15 is 0 Å². The molecule has 40 heavy (non-hydrogen) atoms. The predicted molar refractivity (Wildman–Crippen MR) is 159 cm³/mol. The maximum absolute atomic E-state index is 11.4. The van der Waals surface area contributed by atoms with Crippen LogP contribution in [0.3, 0.4) is 0 Å². The smallest absolute Gasteiger partial charge is 0.302 e. The van der Waals surface area contributed by atoms with Gasteiger partial charge in [-0.1, -0.05) is 53.9 Å². The second-order valence-corrected chi connectivity index (χ2v) is 15.9. The number of ether oxygens (including phenoxy) is 4. The van der Waals surface area contributed by atoms with Crippen molar-refractivity contribution in [1.82, 2.24) is 0 Å². The Morgan fingerprint density at radius 1 is 0.975 bits per heavy atom. The Hall–Kier alpha value is -0.650. The van der Waals surface area contributed by atoms with Gasteiger partial charge in [-0.05, 0) is 105 Å². The highest BCUT2D eigenvalue weighted by molar-refractivity contribution is 5.66. The lowest BCUT2D eigenvalue weighted by Gasteiger charge is -2.65. The fraction of sp³-hybridized carbons (Fsp3) is 0.971. The van der Waals surface area contributed by atoms with Crippen LogP contribution in [0.15, 0.2) is 0 Å². The van der Waals surface area contributed by atoms with Crippen molar-refractivity contribution in [1.29, 1.82) is 0 Å². The lowest BCUT2D eigenvalue weighted by molar-refractivity contribution is -0.304. The fourth-order valence-corrected chi connectivity index (χ4v) is 11.0. The SMILES string of the molecule is CC(=O)OC(C)CO[C@H]1CC[C@@]2(C)[C@H](C1)C1(C[C@@H]3[C@@H]2CC[C@]2(C)[C@@H]([C@H](C)CCCC(C)C)CC[C@@H]32)OCC(C)O1. The summed E-state index contributed by atoms with van der Waals surface area (Å²) in [6, 6.07) is 0. The summed E-state index contributed by atoms with van der Waals surface area (Å²) in [6.07, 6.45) is 14.1. The number of carbonyl (C=O) groups is 1. The van der Waals surface area contributed by atoms with Crippen LogP contribution in [0.4, 0.5) is 0 Å². The second kappa shape index (κ2) is 11.8. The molecule has 5 aliphatic rings. The van der Waals surface area contributed by atoms with E-state index in [2.05, 4.69) is 41.5 Å². The summed E-state index contributed by atoms with van der Waals surface area (Å²) in [7, 11) is 0. The minimum Gasteiger partial charge on any atom is -0.460 e. The first-order chi connectivity index (χ1) is 18.9. The molecule has 1 aliphatic heterocycles. The first-order valence-electron chi connectivity index (χ1n) is 17.0. The third-order valence-corrected chi connectivity index (χ3v) is 12.7. The molecule has 1 saturated heterocycles. The third-order valence-electron chi connectivity index (χ3n) is 12.7. The Kier molecular flexibility index (Phi) is 9.08. The Bertz CT molecular complexity index is 887. The number of esters is 1. The van der Waals surface area contributed by atoms with E-state index < -0.39 is 5.79 Å². The minimum absolute atomic E-state index is 0.151. The number of hydrogen-bond donors (Lipinski definition) is 0. The summed E-state index contributed by atoms with van der Waals surface area (Å²) in [5.41, 5.74) is 0.677. The average molecular weight is 561 g/mol. The highest BCUT2D eigenvalue weighted by Gasteiger charge is 2.68. The first-order valence-corrected chi connectivity index (χ1v) is 17.0. The molecule has 3 unspecified atom stereocenters. The summed E-state index contributed by atoms with van der Waals surface area (Å²) in [5, 5.41) is 0. The van der Waals surface area contributed by atoms with Gasteiger partial charge in [0.2, 0.25) is 0 Å². The molecule has 0 radical (unpaired) electrons. The van der Waals surface area contributed by atoms with Gasteiger partial charge in [-0.25, -0.2) is 0 Å². The molecule has 0 aromatic heterocycles. The Morgan fingerprint density at radius 2 is 1.70 bits per heavy atom. The predicted octanol–water partition coefficient (Wildman–Crippen LogP) is 8.19. The number of fused-ring (bicyclic) bond motifs is 6. The molecule has 0 bridgehead atoms. The van der Waals surface area contributed by atoms with Gasteiger partial charge in [0.1, 0.15) is 6.10 Å². The van der Waals surface area contributed by atoms with Gasteiger partial charge in [0.25, 0.3) is 0 Å². The molecule has 1 heterocycles. The summed E-state index contributed by atoms with van der Waals surface area (Å²) < 4.78 is 25.4. The van der Waals surface area contributed by atoms with Gasteiger partial charge in [-0.2, -0.15) is 0 Å². The van der Waals surface area contributed by atoms with Gasteiger partial charge in [0.05, 0.1) is 25.4 Å². The third kappa shape index (κ3) is 5.66. The Balaban J connectivity index is 1.34. The number of carbonyl (C=O) groups excluding carboxylic acids is 1. The van der Waals surface area contributed by atoms with Crippen LogP contribution >= 0.6 is 0 Å². The monoisotopic (exact) mass is 560 g/mol. The van der Waals surface area contributed by atoms with E-state index in [0.29, 0.717) is 30.5 Å². The van der Waals surface area contributed by atoms with Crippen LogP contribution in [0.1, 0.15) is 126 Å². The van der Waals surface area contributed by atoms with Crippen molar-refractivity contribution < 1.29 is 23.7 Å². The van der Waals surface area contributed by atoms with Gasteiger partial charge < -0.3 is 18.9 Å². The van der Waals surface area contributed by atoms with Gasteiger partial charge in [0, 0.05) is 19.3 Å². The number of rotatable bonds is 9. The first kappa shape index (κ1) is 30.8. The van der Waals surface area contributed by atoms with Crippen molar-refractivity contribution in [2.24, 2.45) is 52.3 Å². The van der Waals surface area contributed by atoms with Crippen LogP contribution in [0.25, 0.3) is 0 Å². The van der Waals surface area contributed by atoms with Crippen LogP contribution in [0, 0.1) is 52.3 Å². The van der Waals surface area contributed by atoms with Crippen molar-refractivity contribution in [2.75, 3.05) is 13.2 Å². The van der Waals surface area contributed by atoms with Crippen LogP contribution in [-0.4, -0.2) is 43.3 Å². The molecule has 12 atom stereocenters. The molecular formula is C35H60O5. The van der Waals surface area contributed by atoms with E-state index in [4.69, 9.17) is 18.9 Å². The van der Waals surface area contributed by atoms with E-state index in [1.54, 1.807) is 0 Å². The molecule has 0 N–H and O–H groups in total. The normalized spacial score (nSPS) is 46.1. The molecule has 5 fully saturated rings. The summed E-state index contributed by atoms with van der Waals surface area (Å²) in [4.78, 5) is 11.4. The van der Waals surface area contributed by atoms with Gasteiger partial charge in [0.15, 0.2) is 5.79 Å². The average Bonchev–Trinajstić information content (AvgIpc) is 3.42. The van der Waals surface area contributed by atoms with Gasteiger partial charge in [-0.15, -0.1) is 0 Å². The van der Waals surface area contributed by atoms with E-state index in [9.17, 15) is 4.79 Å². The lowest BCUT2D eigenvalue weighted by Crippen LogP contribution is -2.63. The zero-order valence-corrected chi connectivity index (χ0v) is 27.0. The molecule has 230 valence electrons. The van der Waals surface area contributed by atoms with E-state index in [1.807, 2.05) is 6.92 Å². The van der Waals surface area contributed by atoms with Crippen molar-refractivity contribution in [3.05, 3.63) is 0 Å². The molecule has 5 nitrogen and oxygen atoms in total. The largest absolute Gasteiger partial charge is 0.460 e. The summed E-state index contributed by atoms with van der Waals surface area (Å²) >= 11 is 0. The zero-order valence-electron chi connectivity index (χ0n) is 27.0. The maximum Gasteiger partial charge on any atom is 0.302 e. The Labute approximate surface area is 245 Å². The standard InChI is InChI=1S/C35H60O5/c1-22(2)10-9-11-23(3)29-12-13-30-28-19-35(38-21-25(5)40-35)32-18-27(37-20-24(4)39-26(6)36)14-16-34(32,8)31(28)15-17-33(29,30)7/h22-25,27-32H,9-21H2,1-8H3/t23-,24?,25?,27+,28+,29-,30+,31+,32+,33-,34-,35?/m1/s1. The second-order valence-electron chi connectivity index (χ2n) is 15.9. The van der Waals surface area contributed by atoms with Crippen molar-refractivity contribution in [3.63, 3.8) is 0 Å². The zero-order chi connectivity index (χ0) is 28.9. The highest BCUT2D eigenvalue weighted by atomic mass is 16.7. The van der Waals surface area contributed by atoms with Crippen molar-refractivity contribution >= 4 is 5.97 Å². The lowest BCUT2D eigenvalue weighted by atomic mass is 9.43. The summed E-state index contributed by atoms with van der Waals surface area (Å²) in [5.74, 6) is 4.37. The van der Waals surface area contributed by atoms with Crippen LogP contribution in [0.5, 0.6) is 0 Å². The van der Waals surface area contributed by atoms with Gasteiger partial charge >= 0.3 is 5.97 Å². The van der Waals surface area contributed by atoms with Crippen LogP contribution in [0.2, 0.25) is 0 Å². The molecule has 0 aromatic rings.